The Balaban J connectivity index is 1.48. The lowest BCUT2D eigenvalue weighted by Gasteiger charge is -2.18. The topological polar surface area (TPSA) is 82.8 Å². The summed E-state index contributed by atoms with van der Waals surface area (Å²) in [4.78, 5) is 12.3. The molecule has 2 aromatic carbocycles. The van der Waals surface area contributed by atoms with E-state index in [1.807, 2.05) is 42.5 Å². The molecule has 180 valence electrons. The maximum absolute atomic E-state index is 12.3. The summed E-state index contributed by atoms with van der Waals surface area (Å²) in [6.45, 7) is 0.768. The molecule has 1 saturated carbocycles. The Morgan fingerprint density at radius 2 is 1.58 bits per heavy atom. The van der Waals surface area contributed by atoms with E-state index in [0.717, 1.165) is 23.4 Å². The van der Waals surface area contributed by atoms with Crippen LogP contribution in [0.1, 0.15) is 68.5 Å². The van der Waals surface area contributed by atoms with Gasteiger partial charge in [0.15, 0.2) is 6.61 Å². The number of hydrogen-bond donors (Lipinski definition) is 2. The molecule has 1 amide bonds. The van der Waals surface area contributed by atoms with E-state index in [1.165, 1.54) is 51.4 Å². The zero-order chi connectivity index (χ0) is 23.5. The molecule has 2 aromatic rings. The smallest absolute Gasteiger partial charge is 0.257 e. The number of benzene rings is 2. The summed E-state index contributed by atoms with van der Waals surface area (Å²) >= 11 is 0. The molecule has 1 atom stereocenters. The van der Waals surface area contributed by atoms with Crippen LogP contribution in [0.3, 0.4) is 0 Å². The van der Waals surface area contributed by atoms with Crippen LogP contribution in [0.25, 0.3) is 0 Å². The third-order valence-electron chi connectivity index (χ3n) is 6.45. The molecule has 3 N–H and O–H groups in total. The summed E-state index contributed by atoms with van der Waals surface area (Å²) in [5, 5.41) is 3.06. The summed E-state index contributed by atoms with van der Waals surface area (Å²) < 4.78 is 16.4. The number of nitrogens with one attached hydrogen (secondary N) is 1. The molecule has 0 bridgehead atoms. The van der Waals surface area contributed by atoms with Crippen molar-refractivity contribution < 1.29 is 19.0 Å². The Kier molecular flexibility index (Phi) is 9.88. The molecule has 1 aliphatic rings. The van der Waals surface area contributed by atoms with Gasteiger partial charge in [0.05, 0.1) is 20.3 Å². The largest absolute Gasteiger partial charge is 0.497 e. The van der Waals surface area contributed by atoms with Crippen LogP contribution >= 0.6 is 0 Å². The van der Waals surface area contributed by atoms with E-state index in [4.69, 9.17) is 19.9 Å². The van der Waals surface area contributed by atoms with Gasteiger partial charge in [0.1, 0.15) is 17.2 Å². The summed E-state index contributed by atoms with van der Waals surface area (Å²) in [5.41, 5.74) is 8.27. The quantitative estimate of drug-likeness (QED) is 0.557. The fourth-order valence-corrected chi connectivity index (χ4v) is 4.41. The second kappa shape index (κ2) is 13.1. The monoisotopic (exact) mass is 454 g/mol. The average Bonchev–Trinajstić information content (AvgIpc) is 2.99. The second-order valence-electron chi connectivity index (χ2n) is 8.81. The number of nitrogens with two attached hydrogens (primary N) is 1. The Labute approximate surface area is 197 Å². The summed E-state index contributed by atoms with van der Waals surface area (Å²) in [7, 11) is 3.23. The normalized spacial score (nSPS) is 16.1. The first-order chi connectivity index (χ1) is 16.1. The zero-order valence-corrected chi connectivity index (χ0v) is 20.0. The minimum Gasteiger partial charge on any atom is -0.497 e. The Morgan fingerprint density at radius 1 is 0.939 bits per heavy atom. The molecule has 6 heteroatoms. The number of carbonyl (C=O) groups excluding carboxylic acids is 1. The van der Waals surface area contributed by atoms with Crippen molar-refractivity contribution in [2.24, 2.45) is 11.7 Å². The molecule has 33 heavy (non-hydrogen) atoms. The number of amides is 1. The van der Waals surface area contributed by atoms with E-state index >= 15 is 0 Å². The van der Waals surface area contributed by atoms with Gasteiger partial charge in [-0.25, -0.2) is 0 Å². The molecule has 0 aromatic heterocycles. The third kappa shape index (κ3) is 7.67. The number of ether oxygens (including phenoxy) is 3. The lowest BCUT2D eigenvalue weighted by Crippen LogP contribution is -2.33. The first-order valence-corrected chi connectivity index (χ1v) is 12.1. The van der Waals surface area contributed by atoms with Crippen molar-refractivity contribution in [2.75, 3.05) is 27.4 Å². The molecule has 1 fully saturated rings. The Morgan fingerprint density at radius 3 is 2.21 bits per heavy atom. The molecule has 1 aliphatic carbocycles. The van der Waals surface area contributed by atoms with Crippen LogP contribution in [-0.2, 0) is 4.79 Å². The number of carbonyl (C=O) groups is 1. The predicted octanol–water partition coefficient (Wildman–Crippen LogP) is 5.00. The van der Waals surface area contributed by atoms with E-state index in [1.54, 1.807) is 14.2 Å². The SMILES string of the molecule is COc1ccc(C(N)c2ccc(OCC(=O)NCC3CCCCCCCC3)cc2)c(OC)c1. The average molecular weight is 455 g/mol. The summed E-state index contributed by atoms with van der Waals surface area (Å²) in [6.07, 6.45) is 10.3. The van der Waals surface area contributed by atoms with Crippen LogP contribution in [0, 0.1) is 5.92 Å². The molecule has 0 aliphatic heterocycles. The predicted molar refractivity (Wildman–Crippen MR) is 131 cm³/mol. The van der Waals surface area contributed by atoms with Gasteiger partial charge in [-0.1, -0.05) is 50.7 Å². The second-order valence-corrected chi connectivity index (χ2v) is 8.81. The van der Waals surface area contributed by atoms with Gasteiger partial charge in [0.25, 0.3) is 5.91 Å². The van der Waals surface area contributed by atoms with E-state index in [2.05, 4.69) is 5.32 Å². The summed E-state index contributed by atoms with van der Waals surface area (Å²) in [5.74, 6) is 2.56. The van der Waals surface area contributed by atoms with Crippen molar-refractivity contribution in [3.63, 3.8) is 0 Å². The van der Waals surface area contributed by atoms with Crippen LogP contribution in [0.15, 0.2) is 42.5 Å². The maximum atomic E-state index is 12.3. The minimum atomic E-state index is -0.351. The maximum Gasteiger partial charge on any atom is 0.257 e. The first-order valence-electron chi connectivity index (χ1n) is 12.1. The van der Waals surface area contributed by atoms with Crippen LogP contribution in [0.2, 0.25) is 0 Å². The van der Waals surface area contributed by atoms with Gasteiger partial charge >= 0.3 is 0 Å². The van der Waals surface area contributed by atoms with E-state index in [0.29, 0.717) is 17.4 Å². The van der Waals surface area contributed by atoms with Crippen LogP contribution in [0.4, 0.5) is 0 Å². The highest BCUT2D eigenvalue weighted by Crippen LogP contribution is 2.32. The minimum absolute atomic E-state index is 0.0183. The molecule has 1 unspecified atom stereocenters. The van der Waals surface area contributed by atoms with Crippen molar-refractivity contribution in [3.05, 3.63) is 53.6 Å². The molecule has 0 radical (unpaired) electrons. The number of methoxy groups -OCH3 is 2. The molecular weight excluding hydrogens is 416 g/mol. The summed E-state index contributed by atoms with van der Waals surface area (Å²) in [6, 6.07) is 12.8. The van der Waals surface area contributed by atoms with Crippen molar-refractivity contribution in [1.82, 2.24) is 5.32 Å². The van der Waals surface area contributed by atoms with Gasteiger partial charge in [-0.05, 0) is 48.6 Å². The van der Waals surface area contributed by atoms with Gasteiger partial charge in [-0.15, -0.1) is 0 Å². The van der Waals surface area contributed by atoms with E-state index in [9.17, 15) is 4.79 Å². The molecule has 3 rings (SSSR count). The van der Waals surface area contributed by atoms with Crippen molar-refractivity contribution >= 4 is 5.91 Å². The first kappa shape index (κ1) is 24.9. The third-order valence-corrected chi connectivity index (χ3v) is 6.45. The standard InChI is InChI=1S/C27H38N2O4/c1-31-23-15-16-24(25(17-23)32-2)27(28)21-11-13-22(14-12-21)33-19-26(30)29-18-20-9-7-5-3-4-6-8-10-20/h11-17,20,27H,3-10,18-19,28H2,1-2H3,(H,29,30). The molecule has 0 heterocycles. The van der Waals surface area contributed by atoms with Crippen LogP contribution in [-0.4, -0.2) is 33.3 Å². The fraction of sp³-hybridized carbons (Fsp3) is 0.519. The van der Waals surface area contributed by atoms with Gasteiger partial charge in [-0.3, -0.25) is 4.79 Å². The lowest BCUT2D eigenvalue weighted by molar-refractivity contribution is -0.123. The highest BCUT2D eigenvalue weighted by molar-refractivity contribution is 5.77. The van der Waals surface area contributed by atoms with Crippen LogP contribution in [0.5, 0.6) is 17.2 Å². The molecule has 6 nitrogen and oxygen atoms in total. The van der Waals surface area contributed by atoms with Crippen molar-refractivity contribution in [2.45, 2.75) is 57.4 Å². The Hall–Kier alpha value is -2.73. The number of hydrogen-bond acceptors (Lipinski definition) is 5. The van der Waals surface area contributed by atoms with Crippen LogP contribution < -0.4 is 25.3 Å². The van der Waals surface area contributed by atoms with Crippen molar-refractivity contribution in [1.29, 1.82) is 0 Å². The molecule has 0 saturated heterocycles. The number of rotatable bonds is 9. The highest BCUT2D eigenvalue weighted by atomic mass is 16.5. The fourth-order valence-electron chi connectivity index (χ4n) is 4.41. The molecule has 0 spiro atoms. The highest BCUT2D eigenvalue weighted by Gasteiger charge is 2.16. The zero-order valence-electron chi connectivity index (χ0n) is 20.0. The van der Waals surface area contributed by atoms with E-state index in [-0.39, 0.29) is 18.6 Å². The van der Waals surface area contributed by atoms with Gasteiger partial charge < -0.3 is 25.3 Å². The van der Waals surface area contributed by atoms with Crippen molar-refractivity contribution in [3.8, 4) is 17.2 Å². The van der Waals surface area contributed by atoms with E-state index < -0.39 is 0 Å². The van der Waals surface area contributed by atoms with Gasteiger partial charge in [0.2, 0.25) is 0 Å². The van der Waals surface area contributed by atoms with Gasteiger partial charge in [0, 0.05) is 18.2 Å². The Bertz CT molecular complexity index is 859. The molecular formula is C27H38N2O4. The lowest BCUT2D eigenvalue weighted by atomic mass is 9.97. The van der Waals surface area contributed by atoms with Gasteiger partial charge in [-0.2, -0.15) is 0 Å².